The maximum Gasteiger partial charge on any atom is 0.230 e. The summed E-state index contributed by atoms with van der Waals surface area (Å²) in [4.78, 5) is 8.64. The Morgan fingerprint density at radius 3 is 2.58 bits per heavy atom. The Balaban J connectivity index is 1.78. The molecule has 1 atom stereocenters. The highest BCUT2D eigenvalue weighted by molar-refractivity contribution is 7.17. The van der Waals surface area contributed by atoms with Gasteiger partial charge in [-0.25, -0.2) is 4.98 Å². The zero-order valence-corrected chi connectivity index (χ0v) is 16.6. The van der Waals surface area contributed by atoms with Crippen LogP contribution in [0.2, 0.25) is 5.02 Å². The Morgan fingerprint density at radius 1 is 1.27 bits per heavy atom. The molecule has 0 aliphatic carbocycles. The standard InChI is InChI=1S/C19H23ClN4OS/c1-3-15-21-19-24(22-15)18(25)17(26-19)16(13-4-6-14(20)7-5-13)23-10-8-12(2)9-11-23/h4-7,12,16,25H,3,8-11H2,1-2H3. The summed E-state index contributed by atoms with van der Waals surface area (Å²) >= 11 is 7.62. The molecule has 0 amide bonds. The highest BCUT2D eigenvalue weighted by atomic mass is 35.5. The smallest absolute Gasteiger partial charge is 0.230 e. The third kappa shape index (κ3) is 3.21. The van der Waals surface area contributed by atoms with Crippen LogP contribution < -0.4 is 0 Å². The second-order valence-corrected chi connectivity index (χ2v) is 8.48. The molecule has 1 unspecified atom stereocenters. The van der Waals surface area contributed by atoms with Crippen molar-refractivity contribution in [1.29, 1.82) is 0 Å². The molecule has 4 rings (SSSR count). The minimum atomic E-state index is -0.00153. The zero-order valence-electron chi connectivity index (χ0n) is 15.0. The molecule has 0 bridgehead atoms. The van der Waals surface area contributed by atoms with Crippen molar-refractivity contribution in [2.24, 2.45) is 5.92 Å². The van der Waals surface area contributed by atoms with Crippen LogP contribution in [0.1, 0.15) is 49.0 Å². The molecule has 3 heterocycles. The third-order valence-corrected chi connectivity index (χ3v) is 6.50. The quantitative estimate of drug-likeness (QED) is 0.710. The van der Waals surface area contributed by atoms with E-state index in [-0.39, 0.29) is 11.9 Å². The number of aromatic nitrogens is 3. The fraction of sp³-hybridized carbons (Fsp3) is 0.474. The van der Waals surface area contributed by atoms with Crippen LogP contribution in [0.15, 0.2) is 24.3 Å². The predicted molar refractivity (Wildman–Crippen MR) is 105 cm³/mol. The zero-order chi connectivity index (χ0) is 18.3. The van der Waals surface area contributed by atoms with E-state index in [1.807, 2.05) is 19.1 Å². The molecule has 7 heteroatoms. The van der Waals surface area contributed by atoms with Gasteiger partial charge in [0, 0.05) is 11.4 Å². The number of fused-ring (bicyclic) bond motifs is 1. The van der Waals surface area contributed by atoms with Crippen molar-refractivity contribution in [3.8, 4) is 5.88 Å². The molecular weight excluding hydrogens is 368 g/mol. The predicted octanol–water partition coefficient (Wildman–Crippen LogP) is 4.53. The van der Waals surface area contributed by atoms with E-state index >= 15 is 0 Å². The van der Waals surface area contributed by atoms with Gasteiger partial charge < -0.3 is 5.11 Å². The van der Waals surface area contributed by atoms with Crippen LogP contribution in [0.3, 0.4) is 0 Å². The molecular formula is C19H23ClN4OS. The number of benzene rings is 1. The second kappa shape index (κ2) is 7.18. The average molecular weight is 391 g/mol. The van der Waals surface area contributed by atoms with Gasteiger partial charge in [0.2, 0.25) is 10.8 Å². The summed E-state index contributed by atoms with van der Waals surface area (Å²) in [6.45, 7) is 6.35. The molecule has 1 N–H and O–H groups in total. The van der Waals surface area contributed by atoms with Crippen molar-refractivity contribution >= 4 is 27.9 Å². The van der Waals surface area contributed by atoms with Crippen LogP contribution in [-0.4, -0.2) is 37.7 Å². The lowest BCUT2D eigenvalue weighted by molar-refractivity contribution is 0.157. The van der Waals surface area contributed by atoms with Crippen LogP contribution >= 0.6 is 22.9 Å². The van der Waals surface area contributed by atoms with Crippen LogP contribution in [0, 0.1) is 5.92 Å². The van der Waals surface area contributed by atoms with E-state index < -0.39 is 0 Å². The first-order valence-corrected chi connectivity index (χ1v) is 10.3. The van der Waals surface area contributed by atoms with E-state index in [0.717, 1.165) is 51.7 Å². The van der Waals surface area contributed by atoms with E-state index in [1.165, 1.54) is 24.2 Å². The number of aromatic hydroxyl groups is 1. The maximum atomic E-state index is 10.9. The average Bonchev–Trinajstić information content (AvgIpc) is 3.18. The lowest BCUT2D eigenvalue weighted by Gasteiger charge is -2.36. The first-order chi connectivity index (χ1) is 12.6. The molecule has 0 spiro atoms. The Kier molecular flexibility index (Phi) is 4.90. The molecule has 26 heavy (non-hydrogen) atoms. The molecule has 1 saturated heterocycles. The normalized spacial score (nSPS) is 17.8. The fourth-order valence-electron chi connectivity index (χ4n) is 3.58. The molecule has 2 aromatic heterocycles. The molecule has 5 nitrogen and oxygen atoms in total. The van der Waals surface area contributed by atoms with Gasteiger partial charge in [0.1, 0.15) is 0 Å². The Morgan fingerprint density at radius 2 is 1.96 bits per heavy atom. The number of piperidine rings is 1. The summed E-state index contributed by atoms with van der Waals surface area (Å²) in [6, 6.07) is 7.94. The van der Waals surface area contributed by atoms with Gasteiger partial charge in [-0.2, -0.15) is 4.52 Å². The van der Waals surface area contributed by atoms with Gasteiger partial charge >= 0.3 is 0 Å². The number of hydrogen-bond donors (Lipinski definition) is 1. The van der Waals surface area contributed by atoms with Gasteiger partial charge in [0.05, 0.1) is 10.9 Å². The van der Waals surface area contributed by atoms with Gasteiger partial charge in [-0.15, -0.1) is 5.10 Å². The number of thiazole rings is 1. The van der Waals surface area contributed by atoms with Gasteiger partial charge in [0.25, 0.3) is 0 Å². The largest absolute Gasteiger partial charge is 0.492 e. The molecule has 1 fully saturated rings. The van der Waals surface area contributed by atoms with Gasteiger partial charge in [-0.05, 0) is 49.5 Å². The van der Waals surface area contributed by atoms with Gasteiger partial charge in [-0.3, -0.25) is 4.90 Å². The summed E-state index contributed by atoms with van der Waals surface area (Å²) in [7, 11) is 0. The highest BCUT2D eigenvalue weighted by Gasteiger charge is 2.31. The van der Waals surface area contributed by atoms with Crippen molar-refractivity contribution in [2.45, 2.75) is 39.2 Å². The van der Waals surface area contributed by atoms with Crippen molar-refractivity contribution in [2.75, 3.05) is 13.1 Å². The van der Waals surface area contributed by atoms with E-state index in [4.69, 9.17) is 11.6 Å². The van der Waals surface area contributed by atoms with Crippen LogP contribution in [0.25, 0.3) is 4.96 Å². The Labute approximate surface area is 162 Å². The first-order valence-electron chi connectivity index (χ1n) is 9.13. The summed E-state index contributed by atoms with van der Waals surface area (Å²) in [5, 5.41) is 16.0. The van der Waals surface area contributed by atoms with Crippen LogP contribution in [0.5, 0.6) is 5.88 Å². The number of likely N-dealkylation sites (tertiary alicyclic amines) is 1. The number of halogens is 1. The summed E-state index contributed by atoms with van der Waals surface area (Å²) in [6.07, 6.45) is 3.10. The lowest BCUT2D eigenvalue weighted by atomic mass is 9.95. The molecule has 0 radical (unpaired) electrons. The Hall–Kier alpha value is -1.63. The van der Waals surface area contributed by atoms with Crippen LogP contribution in [-0.2, 0) is 6.42 Å². The van der Waals surface area contributed by atoms with E-state index in [2.05, 4.69) is 34.0 Å². The fourth-order valence-corrected chi connectivity index (χ4v) is 4.84. The topological polar surface area (TPSA) is 53.7 Å². The van der Waals surface area contributed by atoms with E-state index in [0.29, 0.717) is 0 Å². The lowest BCUT2D eigenvalue weighted by Crippen LogP contribution is -2.36. The summed E-state index contributed by atoms with van der Waals surface area (Å²) < 4.78 is 1.58. The van der Waals surface area contributed by atoms with Crippen LogP contribution in [0.4, 0.5) is 0 Å². The SMILES string of the molecule is CCc1nc2sc(C(c3ccc(Cl)cc3)N3CCC(C)CC3)c(O)n2n1. The van der Waals surface area contributed by atoms with Crippen molar-refractivity contribution in [1.82, 2.24) is 19.5 Å². The first kappa shape index (κ1) is 17.8. The van der Waals surface area contributed by atoms with Crippen molar-refractivity contribution in [3.05, 3.63) is 45.6 Å². The monoisotopic (exact) mass is 390 g/mol. The molecule has 138 valence electrons. The third-order valence-electron chi connectivity index (χ3n) is 5.18. The summed E-state index contributed by atoms with van der Waals surface area (Å²) in [5.41, 5.74) is 1.14. The molecule has 1 aliphatic rings. The maximum absolute atomic E-state index is 10.9. The van der Waals surface area contributed by atoms with Crippen molar-refractivity contribution < 1.29 is 5.11 Å². The minimum absolute atomic E-state index is 0.00153. The Bertz CT molecular complexity index is 896. The van der Waals surface area contributed by atoms with E-state index in [1.54, 1.807) is 4.52 Å². The van der Waals surface area contributed by atoms with E-state index in [9.17, 15) is 5.11 Å². The molecule has 1 aliphatic heterocycles. The molecule has 0 saturated carbocycles. The van der Waals surface area contributed by atoms with Gasteiger partial charge in [0.15, 0.2) is 5.82 Å². The minimum Gasteiger partial charge on any atom is -0.492 e. The number of nitrogens with zero attached hydrogens (tertiary/aromatic N) is 4. The highest BCUT2D eigenvalue weighted by Crippen LogP contribution is 2.41. The second-order valence-electron chi connectivity index (χ2n) is 7.04. The summed E-state index contributed by atoms with van der Waals surface area (Å²) in [5.74, 6) is 1.71. The molecule has 3 aromatic rings. The number of hydrogen-bond acceptors (Lipinski definition) is 5. The number of aryl methyl sites for hydroxylation is 1. The molecule has 1 aromatic carbocycles. The van der Waals surface area contributed by atoms with Crippen molar-refractivity contribution in [3.63, 3.8) is 0 Å². The number of rotatable bonds is 4. The van der Waals surface area contributed by atoms with Gasteiger partial charge in [-0.1, -0.05) is 48.9 Å².